The number of thiazole rings is 1. The Kier molecular flexibility index (Phi) is 2.53. The van der Waals surface area contributed by atoms with Crippen LogP contribution in [0.4, 0.5) is 0 Å². The van der Waals surface area contributed by atoms with Crippen LogP contribution in [0.15, 0.2) is 5.38 Å². The van der Waals surface area contributed by atoms with Gasteiger partial charge in [0.15, 0.2) is 0 Å². The quantitative estimate of drug-likeness (QED) is 0.869. The lowest BCUT2D eigenvalue weighted by Gasteiger charge is -2.22. The number of likely N-dealkylation sites (tertiary alicyclic amines) is 1. The molecule has 3 nitrogen and oxygen atoms in total. The summed E-state index contributed by atoms with van der Waals surface area (Å²) < 4.78 is 0. The molecule has 16 heavy (non-hydrogen) atoms. The van der Waals surface area contributed by atoms with Crippen molar-refractivity contribution in [2.24, 2.45) is 0 Å². The zero-order valence-electron chi connectivity index (χ0n) is 9.65. The van der Waals surface area contributed by atoms with Crippen LogP contribution in [-0.2, 0) is 6.42 Å². The summed E-state index contributed by atoms with van der Waals surface area (Å²) in [5.74, 6) is 0. The summed E-state index contributed by atoms with van der Waals surface area (Å²) in [7, 11) is 0. The van der Waals surface area contributed by atoms with E-state index < -0.39 is 5.60 Å². The summed E-state index contributed by atoms with van der Waals surface area (Å²) in [6, 6.07) is 0.770. The van der Waals surface area contributed by atoms with Crippen LogP contribution < -0.4 is 0 Å². The Balaban J connectivity index is 1.65. The summed E-state index contributed by atoms with van der Waals surface area (Å²) in [4.78, 5) is 6.89. The van der Waals surface area contributed by atoms with Gasteiger partial charge >= 0.3 is 0 Å². The number of aliphatic hydroxyl groups is 1. The van der Waals surface area contributed by atoms with Gasteiger partial charge in [-0.1, -0.05) is 0 Å². The fraction of sp³-hybridized carbons (Fsp3) is 0.750. The number of aryl methyl sites for hydroxylation is 1. The minimum absolute atomic E-state index is 0.525. The Morgan fingerprint density at radius 3 is 3.06 bits per heavy atom. The molecule has 3 rings (SSSR count). The van der Waals surface area contributed by atoms with Crippen LogP contribution in [0.25, 0.3) is 0 Å². The number of hydrogen-bond donors (Lipinski definition) is 1. The van der Waals surface area contributed by atoms with E-state index in [9.17, 15) is 5.11 Å². The first-order valence-corrected chi connectivity index (χ1v) is 6.90. The molecule has 88 valence electrons. The van der Waals surface area contributed by atoms with Crippen molar-refractivity contribution in [1.82, 2.24) is 9.88 Å². The lowest BCUT2D eigenvalue weighted by Crippen LogP contribution is -2.36. The average Bonchev–Trinajstić information content (AvgIpc) is 2.90. The highest BCUT2D eigenvalue weighted by atomic mass is 32.1. The standard InChI is InChI=1S/C12H18N2OS/c1-9-13-10(7-16-9)6-12(15)4-5-14(8-12)11-2-3-11/h7,11,15H,2-6,8H2,1H3. The van der Waals surface area contributed by atoms with Crippen molar-refractivity contribution in [2.75, 3.05) is 13.1 Å². The zero-order valence-corrected chi connectivity index (χ0v) is 10.5. The second-order valence-corrected chi connectivity index (χ2v) is 6.27. The van der Waals surface area contributed by atoms with Crippen molar-refractivity contribution in [3.63, 3.8) is 0 Å². The maximum Gasteiger partial charge on any atom is 0.0897 e. The van der Waals surface area contributed by atoms with Gasteiger partial charge in [0.05, 0.1) is 16.3 Å². The van der Waals surface area contributed by atoms with Crippen LogP contribution in [0.1, 0.15) is 30.0 Å². The van der Waals surface area contributed by atoms with Gasteiger partial charge in [0, 0.05) is 30.9 Å². The van der Waals surface area contributed by atoms with Crippen molar-refractivity contribution in [3.8, 4) is 0 Å². The largest absolute Gasteiger partial charge is 0.388 e. The van der Waals surface area contributed by atoms with Crippen molar-refractivity contribution in [1.29, 1.82) is 0 Å². The predicted molar refractivity (Wildman–Crippen MR) is 64.7 cm³/mol. The lowest BCUT2D eigenvalue weighted by atomic mass is 9.97. The van der Waals surface area contributed by atoms with E-state index in [4.69, 9.17) is 0 Å². The Morgan fingerprint density at radius 2 is 2.44 bits per heavy atom. The van der Waals surface area contributed by atoms with Gasteiger partial charge in [-0.15, -0.1) is 11.3 Å². The molecule has 2 aliphatic rings. The molecule has 0 aromatic carbocycles. The van der Waals surface area contributed by atoms with E-state index in [0.29, 0.717) is 0 Å². The second kappa shape index (κ2) is 3.79. The summed E-state index contributed by atoms with van der Waals surface area (Å²) in [5, 5.41) is 13.7. The highest BCUT2D eigenvalue weighted by Gasteiger charge is 2.42. The van der Waals surface area contributed by atoms with E-state index in [1.54, 1.807) is 11.3 Å². The molecule has 1 unspecified atom stereocenters. The first-order chi connectivity index (χ1) is 7.65. The topological polar surface area (TPSA) is 36.4 Å². The molecule has 0 spiro atoms. The molecule has 2 fully saturated rings. The average molecular weight is 238 g/mol. The molecule has 0 bridgehead atoms. The van der Waals surface area contributed by atoms with E-state index in [1.807, 2.05) is 6.92 Å². The molecular formula is C12H18N2OS. The predicted octanol–water partition coefficient (Wildman–Crippen LogP) is 1.59. The van der Waals surface area contributed by atoms with Crippen LogP contribution in [-0.4, -0.2) is 39.7 Å². The Bertz CT molecular complexity index is 388. The normalized spacial score (nSPS) is 31.1. The first kappa shape index (κ1) is 10.7. The molecule has 1 saturated carbocycles. The lowest BCUT2D eigenvalue weighted by molar-refractivity contribution is 0.0479. The van der Waals surface area contributed by atoms with Gasteiger partial charge in [-0.3, -0.25) is 4.90 Å². The summed E-state index contributed by atoms with van der Waals surface area (Å²) in [6.45, 7) is 3.92. The van der Waals surface area contributed by atoms with Gasteiger partial charge < -0.3 is 5.11 Å². The molecule has 4 heteroatoms. The number of nitrogens with zero attached hydrogens (tertiary/aromatic N) is 2. The van der Waals surface area contributed by atoms with E-state index >= 15 is 0 Å². The SMILES string of the molecule is Cc1nc(CC2(O)CCN(C3CC3)C2)cs1. The van der Waals surface area contributed by atoms with E-state index in [2.05, 4.69) is 15.3 Å². The second-order valence-electron chi connectivity index (χ2n) is 5.21. The highest BCUT2D eigenvalue weighted by Crippen LogP contribution is 2.34. The molecule has 2 heterocycles. The molecule has 1 saturated heterocycles. The molecule has 1 aliphatic carbocycles. The summed E-state index contributed by atoms with van der Waals surface area (Å²) in [6.07, 6.45) is 4.28. The van der Waals surface area contributed by atoms with Crippen molar-refractivity contribution < 1.29 is 5.11 Å². The number of β-amino-alcohol motifs (C(OH)–C–C–N with tert-alkyl or cyclic N) is 1. The van der Waals surface area contributed by atoms with Gasteiger partial charge in [0.25, 0.3) is 0 Å². The van der Waals surface area contributed by atoms with Gasteiger partial charge in [-0.2, -0.15) is 0 Å². The van der Waals surface area contributed by atoms with Gasteiger partial charge in [-0.05, 0) is 26.2 Å². The molecular weight excluding hydrogens is 220 g/mol. The molecule has 1 aliphatic heterocycles. The van der Waals surface area contributed by atoms with E-state index in [0.717, 1.165) is 42.7 Å². The molecule has 1 N–H and O–H groups in total. The monoisotopic (exact) mass is 238 g/mol. The number of aromatic nitrogens is 1. The Labute approximate surface area is 100 Å². The molecule has 1 aromatic rings. The van der Waals surface area contributed by atoms with Crippen molar-refractivity contribution in [3.05, 3.63) is 16.1 Å². The smallest absolute Gasteiger partial charge is 0.0897 e. The minimum Gasteiger partial charge on any atom is -0.388 e. The van der Waals surface area contributed by atoms with Gasteiger partial charge in [0.1, 0.15) is 0 Å². The fourth-order valence-corrected chi connectivity index (χ4v) is 3.22. The van der Waals surface area contributed by atoms with Crippen molar-refractivity contribution >= 4 is 11.3 Å². The van der Waals surface area contributed by atoms with Gasteiger partial charge in [0.2, 0.25) is 0 Å². The molecule has 1 aromatic heterocycles. The minimum atomic E-state index is -0.525. The third-order valence-corrected chi connectivity index (χ3v) is 4.42. The van der Waals surface area contributed by atoms with Crippen LogP contribution in [0.3, 0.4) is 0 Å². The van der Waals surface area contributed by atoms with Crippen LogP contribution in [0.2, 0.25) is 0 Å². The molecule has 1 atom stereocenters. The van der Waals surface area contributed by atoms with Crippen LogP contribution in [0.5, 0.6) is 0 Å². The van der Waals surface area contributed by atoms with Crippen molar-refractivity contribution in [2.45, 2.75) is 44.2 Å². The number of hydrogen-bond acceptors (Lipinski definition) is 4. The first-order valence-electron chi connectivity index (χ1n) is 6.02. The maximum atomic E-state index is 10.5. The van der Waals surface area contributed by atoms with E-state index in [1.165, 1.54) is 12.8 Å². The zero-order chi connectivity index (χ0) is 11.2. The van der Waals surface area contributed by atoms with E-state index in [-0.39, 0.29) is 0 Å². The Morgan fingerprint density at radius 1 is 1.62 bits per heavy atom. The summed E-state index contributed by atoms with van der Waals surface area (Å²) >= 11 is 1.67. The van der Waals surface area contributed by atoms with Gasteiger partial charge in [-0.25, -0.2) is 4.98 Å². The fourth-order valence-electron chi connectivity index (χ4n) is 2.61. The summed E-state index contributed by atoms with van der Waals surface area (Å²) in [5.41, 5.74) is 0.533. The molecule has 0 radical (unpaired) electrons. The van der Waals surface area contributed by atoms with Crippen LogP contribution >= 0.6 is 11.3 Å². The van der Waals surface area contributed by atoms with Crippen LogP contribution in [0, 0.1) is 6.92 Å². The Hall–Kier alpha value is -0.450. The molecule has 0 amide bonds. The maximum absolute atomic E-state index is 10.5. The number of rotatable bonds is 3. The third-order valence-electron chi connectivity index (χ3n) is 3.60. The highest BCUT2D eigenvalue weighted by molar-refractivity contribution is 7.09. The third kappa shape index (κ3) is 2.14.